The van der Waals surface area contributed by atoms with Crippen molar-refractivity contribution in [3.8, 4) is 0 Å². The van der Waals surface area contributed by atoms with Gasteiger partial charge in [0.05, 0.1) is 12.0 Å². The predicted molar refractivity (Wildman–Crippen MR) is 88.4 cm³/mol. The third-order valence-corrected chi connectivity index (χ3v) is 4.59. The number of methoxy groups -OCH3 is 1. The SMILES string of the molecule is CC[C@H](C)[C@@H](NC(=O)NCc1ccc(S(N)(=O)=O)cc1)C(=O)OC. The lowest BCUT2D eigenvalue weighted by Gasteiger charge is -2.22. The number of amides is 2. The summed E-state index contributed by atoms with van der Waals surface area (Å²) in [5, 5.41) is 10.2. The van der Waals surface area contributed by atoms with Gasteiger partial charge in [0.25, 0.3) is 0 Å². The number of primary sulfonamides is 1. The first-order valence-corrected chi connectivity index (χ1v) is 8.97. The highest BCUT2D eigenvalue weighted by Gasteiger charge is 2.26. The average molecular weight is 357 g/mol. The monoisotopic (exact) mass is 357 g/mol. The first-order chi connectivity index (χ1) is 11.2. The summed E-state index contributed by atoms with van der Waals surface area (Å²) in [4.78, 5) is 23.7. The molecule has 9 heteroatoms. The number of carbonyl (C=O) groups is 2. The van der Waals surface area contributed by atoms with E-state index < -0.39 is 28.1 Å². The lowest BCUT2D eigenvalue weighted by molar-refractivity contribution is -0.144. The maximum atomic E-state index is 11.9. The van der Waals surface area contributed by atoms with Gasteiger partial charge in [-0.05, 0) is 23.6 Å². The smallest absolute Gasteiger partial charge is 0.328 e. The van der Waals surface area contributed by atoms with Gasteiger partial charge in [0.1, 0.15) is 6.04 Å². The van der Waals surface area contributed by atoms with Gasteiger partial charge >= 0.3 is 12.0 Å². The Kier molecular flexibility index (Phi) is 7.18. The van der Waals surface area contributed by atoms with Crippen molar-refractivity contribution in [2.75, 3.05) is 7.11 Å². The van der Waals surface area contributed by atoms with E-state index in [0.717, 1.165) is 0 Å². The highest BCUT2D eigenvalue weighted by Crippen LogP contribution is 2.10. The van der Waals surface area contributed by atoms with E-state index in [1.807, 2.05) is 13.8 Å². The molecule has 0 saturated carbocycles. The van der Waals surface area contributed by atoms with E-state index >= 15 is 0 Å². The van der Waals surface area contributed by atoms with Crippen molar-refractivity contribution in [3.63, 3.8) is 0 Å². The molecule has 1 aromatic carbocycles. The molecular formula is C15H23N3O5S. The molecule has 2 amide bonds. The maximum absolute atomic E-state index is 11.9. The fraction of sp³-hybridized carbons (Fsp3) is 0.467. The van der Waals surface area contributed by atoms with Crippen LogP contribution < -0.4 is 15.8 Å². The van der Waals surface area contributed by atoms with E-state index in [9.17, 15) is 18.0 Å². The van der Waals surface area contributed by atoms with E-state index in [1.165, 1.54) is 19.2 Å². The highest BCUT2D eigenvalue weighted by molar-refractivity contribution is 7.89. The standard InChI is InChI=1S/C15H23N3O5S/c1-4-10(2)13(14(19)23-3)18-15(20)17-9-11-5-7-12(8-6-11)24(16,21)22/h5-8,10,13H,4,9H2,1-3H3,(H2,16,21,22)(H2,17,18,20)/t10-,13+/m0/s1. The van der Waals surface area contributed by atoms with Gasteiger partial charge in [-0.15, -0.1) is 0 Å². The van der Waals surface area contributed by atoms with E-state index in [2.05, 4.69) is 10.6 Å². The second-order valence-corrected chi connectivity index (χ2v) is 6.96. The van der Waals surface area contributed by atoms with Crippen LogP contribution in [0.15, 0.2) is 29.2 Å². The van der Waals surface area contributed by atoms with Gasteiger partial charge in [0, 0.05) is 6.54 Å². The topological polar surface area (TPSA) is 128 Å². The van der Waals surface area contributed by atoms with Gasteiger partial charge in [-0.1, -0.05) is 32.4 Å². The predicted octanol–water partition coefficient (Wildman–Crippen LogP) is 0.721. The van der Waals surface area contributed by atoms with Crippen molar-refractivity contribution in [2.24, 2.45) is 11.1 Å². The van der Waals surface area contributed by atoms with Crippen molar-refractivity contribution >= 4 is 22.0 Å². The number of rotatable bonds is 7. The highest BCUT2D eigenvalue weighted by atomic mass is 32.2. The molecule has 0 aliphatic carbocycles. The Morgan fingerprint density at radius 1 is 1.25 bits per heavy atom. The Balaban J connectivity index is 2.63. The fourth-order valence-electron chi connectivity index (χ4n) is 1.97. The molecule has 0 unspecified atom stereocenters. The van der Waals surface area contributed by atoms with Gasteiger partial charge in [-0.25, -0.2) is 23.1 Å². The quantitative estimate of drug-likeness (QED) is 0.620. The molecule has 0 saturated heterocycles. The van der Waals surface area contributed by atoms with Crippen LogP contribution in [0.4, 0.5) is 4.79 Å². The maximum Gasteiger partial charge on any atom is 0.328 e. The number of benzene rings is 1. The van der Waals surface area contributed by atoms with E-state index in [0.29, 0.717) is 12.0 Å². The Morgan fingerprint density at radius 3 is 2.29 bits per heavy atom. The molecule has 0 aliphatic rings. The number of ether oxygens (including phenoxy) is 1. The van der Waals surface area contributed by atoms with Crippen LogP contribution in [-0.2, 0) is 26.1 Å². The van der Waals surface area contributed by atoms with Crippen LogP contribution in [0.25, 0.3) is 0 Å². The van der Waals surface area contributed by atoms with Crippen molar-refractivity contribution in [1.29, 1.82) is 0 Å². The van der Waals surface area contributed by atoms with Gasteiger partial charge < -0.3 is 15.4 Å². The first-order valence-electron chi connectivity index (χ1n) is 7.43. The molecule has 0 aromatic heterocycles. The third-order valence-electron chi connectivity index (χ3n) is 3.66. The molecule has 24 heavy (non-hydrogen) atoms. The van der Waals surface area contributed by atoms with E-state index in [-0.39, 0.29) is 17.4 Å². The number of sulfonamides is 1. The minimum Gasteiger partial charge on any atom is -0.467 e. The number of carbonyl (C=O) groups excluding carboxylic acids is 2. The Hall–Kier alpha value is -2.13. The van der Waals surface area contributed by atoms with Crippen LogP contribution in [0, 0.1) is 5.92 Å². The molecule has 0 heterocycles. The molecule has 1 rings (SSSR count). The van der Waals surface area contributed by atoms with Crippen LogP contribution in [0.1, 0.15) is 25.8 Å². The summed E-state index contributed by atoms with van der Waals surface area (Å²) < 4.78 is 27.0. The lowest BCUT2D eigenvalue weighted by Crippen LogP contribution is -2.49. The number of hydrogen-bond donors (Lipinski definition) is 3. The van der Waals surface area contributed by atoms with E-state index in [4.69, 9.17) is 9.88 Å². The summed E-state index contributed by atoms with van der Waals surface area (Å²) in [5.74, 6) is -0.575. The number of nitrogens with two attached hydrogens (primary N) is 1. The lowest BCUT2D eigenvalue weighted by atomic mass is 9.99. The van der Waals surface area contributed by atoms with Crippen LogP contribution in [0.2, 0.25) is 0 Å². The molecule has 0 fully saturated rings. The third kappa shape index (κ3) is 5.82. The van der Waals surface area contributed by atoms with Crippen molar-refractivity contribution in [2.45, 2.75) is 37.8 Å². The number of urea groups is 1. The van der Waals surface area contributed by atoms with Crippen molar-refractivity contribution in [3.05, 3.63) is 29.8 Å². The molecule has 0 bridgehead atoms. The van der Waals surface area contributed by atoms with Crippen LogP contribution in [-0.4, -0.2) is 33.6 Å². The fourth-order valence-corrected chi connectivity index (χ4v) is 2.48. The molecule has 0 aliphatic heterocycles. The molecular weight excluding hydrogens is 334 g/mol. The van der Waals surface area contributed by atoms with Crippen LogP contribution >= 0.6 is 0 Å². The minimum absolute atomic E-state index is 0.00164. The zero-order valence-electron chi connectivity index (χ0n) is 13.9. The van der Waals surface area contributed by atoms with Gasteiger partial charge in [0.2, 0.25) is 10.0 Å². The summed E-state index contributed by atoms with van der Waals surface area (Å²) in [6, 6.07) is 4.58. The minimum atomic E-state index is -3.74. The summed E-state index contributed by atoms with van der Waals surface area (Å²) in [5.41, 5.74) is 0.690. The number of hydrogen-bond acceptors (Lipinski definition) is 5. The Bertz CT molecular complexity index is 673. The molecule has 0 radical (unpaired) electrons. The van der Waals surface area contributed by atoms with Crippen molar-refractivity contribution in [1.82, 2.24) is 10.6 Å². The van der Waals surface area contributed by atoms with Crippen LogP contribution in [0.5, 0.6) is 0 Å². The second kappa shape index (κ2) is 8.65. The van der Waals surface area contributed by atoms with Gasteiger partial charge in [0.15, 0.2) is 0 Å². The normalized spacial score (nSPS) is 13.7. The first kappa shape index (κ1) is 19.9. The number of nitrogens with one attached hydrogen (secondary N) is 2. The van der Waals surface area contributed by atoms with Crippen LogP contribution in [0.3, 0.4) is 0 Å². The Morgan fingerprint density at radius 2 is 1.83 bits per heavy atom. The molecule has 134 valence electrons. The number of esters is 1. The molecule has 2 atom stereocenters. The molecule has 1 aromatic rings. The second-order valence-electron chi connectivity index (χ2n) is 5.40. The summed E-state index contributed by atoms with van der Waals surface area (Å²) in [6.07, 6.45) is 0.703. The van der Waals surface area contributed by atoms with Crippen molar-refractivity contribution < 1.29 is 22.7 Å². The summed E-state index contributed by atoms with van der Waals surface area (Å²) in [7, 11) is -2.47. The van der Waals surface area contributed by atoms with E-state index in [1.54, 1.807) is 12.1 Å². The average Bonchev–Trinajstić information content (AvgIpc) is 2.56. The zero-order valence-corrected chi connectivity index (χ0v) is 14.7. The van der Waals surface area contributed by atoms with Gasteiger partial charge in [-0.3, -0.25) is 0 Å². The largest absolute Gasteiger partial charge is 0.467 e. The molecule has 4 N–H and O–H groups in total. The van der Waals surface area contributed by atoms with Gasteiger partial charge in [-0.2, -0.15) is 0 Å². The molecule has 8 nitrogen and oxygen atoms in total. The summed E-state index contributed by atoms with van der Waals surface area (Å²) in [6.45, 7) is 3.92. The molecule has 0 spiro atoms. The zero-order chi connectivity index (χ0) is 18.3. The summed E-state index contributed by atoms with van der Waals surface area (Å²) >= 11 is 0. The Labute approximate surface area is 141 Å².